The van der Waals surface area contributed by atoms with Crippen LogP contribution >= 0.6 is 0 Å². The molecule has 0 aliphatic heterocycles. The maximum Gasteiger partial charge on any atom is 0.0799 e. The van der Waals surface area contributed by atoms with Gasteiger partial charge in [0.1, 0.15) is 0 Å². The van der Waals surface area contributed by atoms with Gasteiger partial charge in [-0.15, -0.1) is 0 Å². The predicted molar refractivity (Wildman–Crippen MR) is 53.5 cm³/mol. The minimum atomic E-state index is 0.870. The second-order valence-corrected chi connectivity index (χ2v) is 3.45. The van der Waals surface area contributed by atoms with Crippen LogP contribution in [-0.2, 0) is 0 Å². The Bertz CT molecular complexity index is 61.4. The Kier molecular flexibility index (Phi) is 10.9. The number of aliphatic hydroxyl groups excluding tert-OH is 1. The first-order valence-electron chi connectivity index (χ1n) is 5.37. The van der Waals surface area contributed by atoms with E-state index in [9.17, 15) is 0 Å². The minimum absolute atomic E-state index is 0.870. The van der Waals surface area contributed by atoms with Gasteiger partial charge >= 0.3 is 0 Å². The van der Waals surface area contributed by atoms with E-state index in [-0.39, 0.29) is 0 Å². The van der Waals surface area contributed by atoms with Crippen molar-refractivity contribution in [3.8, 4) is 0 Å². The number of rotatable bonds is 9. The van der Waals surface area contributed by atoms with Gasteiger partial charge in [0.25, 0.3) is 0 Å². The van der Waals surface area contributed by atoms with Crippen molar-refractivity contribution in [2.24, 2.45) is 0 Å². The molecule has 0 unspecified atom stereocenters. The van der Waals surface area contributed by atoms with Crippen LogP contribution in [0.25, 0.3) is 0 Å². The molecular weight excluding hydrogens is 148 g/mol. The average molecular weight is 171 g/mol. The van der Waals surface area contributed by atoms with Crippen LogP contribution in [0.15, 0.2) is 0 Å². The minimum Gasteiger partial charge on any atom is -0.390 e. The summed E-state index contributed by atoms with van der Waals surface area (Å²) in [5.74, 6) is 0. The van der Waals surface area contributed by atoms with E-state index >= 15 is 0 Å². The van der Waals surface area contributed by atoms with Gasteiger partial charge < -0.3 is 5.11 Å². The van der Waals surface area contributed by atoms with Crippen molar-refractivity contribution in [2.45, 2.75) is 64.7 Å². The summed E-state index contributed by atoms with van der Waals surface area (Å²) in [6.45, 7) is 3.52. The Morgan fingerprint density at radius 2 is 1.33 bits per heavy atom. The van der Waals surface area contributed by atoms with E-state index in [1.54, 1.807) is 0 Å². The largest absolute Gasteiger partial charge is 0.390 e. The highest BCUT2D eigenvalue weighted by molar-refractivity contribution is 4.49. The zero-order chi connectivity index (χ0) is 9.07. The number of unbranched alkanes of at least 4 members (excludes halogenated alkanes) is 8. The molecule has 73 valence electrons. The quantitative estimate of drug-likeness (QED) is 0.519. The van der Waals surface area contributed by atoms with E-state index in [0.717, 1.165) is 12.8 Å². The molecule has 0 saturated carbocycles. The average Bonchev–Trinajstić information content (AvgIpc) is 2.10. The lowest BCUT2D eigenvalue weighted by molar-refractivity contribution is 0.367. The molecule has 0 aliphatic carbocycles. The summed E-state index contributed by atoms with van der Waals surface area (Å²) in [6.07, 6.45) is 11.6. The third-order valence-electron chi connectivity index (χ3n) is 2.19. The summed E-state index contributed by atoms with van der Waals surface area (Å²) in [4.78, 5) is 0. The van der Waals surface area contributed by atoms with Crippen LogP contribution in [-0.4, -0.2) is 5.11 Å². The molecule has 0 aromatic heterocycles. The molecule has 1 heteroatoms. The van der Waals surface area contributed by atoms with Gasteiger partial charge in [-0.1, -0.05) is 58.3 Å². The first kappa shape index (κ1) is 12.0. The lowest BCUT2D eigenvalue weighted by Gasteiger charge is -1.99. The van der Waals surface area contributed by atoms with Crippen LogP contribution in [0.4, 0.5) is 0 Å². The van der Waals surface area contributed by atoms with E-state index in [1.165, 1.54) is 51.6 Å². The van der Waals surface area contributed by atoms with Crippen LogP contribution in [0.2, 0.25) is 0 Å². The molecule has 0 amide bonds. The number of hydrogen-bond acceptors (Lipinski definition) is 1. The van der Waals surface area contributed by atoms with E-state index < -0.39 is 0 Å². The second-order valence-electron chi connectivity index (χ2n) is 3.45. The van der Waals surface area contributed by atoms with E-state index in [1.807, 2.05) is 0 Å². The zero-order valence-electron chi connectivity index (χ0n) is 8.39. The van der Waals surface area contributed by atoms with Gasteiger partial charge in [-0.25, -0.2) is 0 Å². The fraction of sp³-hybridized carbons (Fsp3) is 0.909. The van der Waals surface area contributed by atoms with Crippen LogP contribution in [0.5, 0.6) is 0 Å². The molecule has 12 heavy (non-hydrogen) atoms. The normalized spacial score (nSPS) is 10.5. The topological polar surface area (TPSA) is 20.2 Å². The highest BCUT2D eigenvalue weighted by Crippen LogP contribution is 2.09. The van der Waals surface area contributed by atoms with E-state index in [0.29, 0.717) is 0 Å². The van der Waals surface area contributed by atoms with Crippen molar-refractivity contribution in [1.29, 1.82) is 0 Å². The molecule has 1 N–H and O–H groups in total. The highest BCUT2D eigenvalue weighted by atomic mass is 16.2. The van der Waals surface area contributed by atoms with Gasteiger partial charge in [-0.2, -0.15) is 0 Å². The molecule has 1 radical (unpaired) electrons. The summed E-state index contributed by atoms with van der Waals surface area (Å²) < 4.78 is 0. The van der Waals surface area contributed by atoms with Crippen LogP contribution in [0.1, 0.15) is 64.7 Å². The smallest absolute Gasteiger partial charge is 0.0799 e. The van der Waals surface area contributed by atoms with Crippen molar-refractivity contribution in [2.75, 3.05) is 0 Å². The molecule has 0 aromatic rings. The molecule has 0 atom stereocenters. The monoisotopic (exact) mass is 171 g/mol. The summed E-state index contributed by atoms with van der Waals surface area (Å²) in [7, 11) is 0. The molecule has 0 spiro atoms. The fourth-order valence-corrected chi connectivity index (χ4v) is 1.37. The van der Waals surface area contributed by atoms with E-state index in [2.05, 4.69) is 6.92 Å². The van der Waals surface area contributed by atoms with Gasteiger partial charge in [-0.3, -0.25) is 0 Å². The SMILES string of the molecule is CCCCCCCCCC[CH]O. The molecule has 0 rings (SSSR count). The highest BCUT2D eigenvalue weighted by Gasteiger charge is 1.90. The van der Waals surface area contributed by atoms with Gasteiger partial charge in [-0.05, 0) is 6.42 Å². The number of aliphatic hydroxyl groups is 1. The maximum absolute atomic E-state index is 8.41. The summed E-state index contributed by atoms with van der Waals surface area (Å²) in [5, 5.41) is 8.41. The molecule has 0 heterocycles. The maximum atomic E-state index is 8.41. The molecule has 0 saturated heterocycles. The molecule has 0 bridgehead atoms. The van der Waals surface area contributed by atoms with Crippen LogP contribution in [0.3, 0.4) is 0 Å². The Labute approximate surface area is 77.2 Å². The van der Waals surface area contributed by atoms with Crippen molar-refractivity contribution in [3.63, 3.8) is 0 Å². The summed E-state index contributed by atoms with van der Waals surface area (Å²) in [5.41, 5.74) is 0. The molecule has 0 aromatic carbocycles. The number of hydrogen-bond donors (Lipinski definition) is 1. The third kappa shape index (κ3) is 9.96. The lowest BCUT2D eigenvalue weighted by atomic mass is 10.1. The van der Waals surface area contributed by atoms with Crippen molar-refractivity contribution >= 4 is 0 Å². The van der Waals surface area contributed by atoms with Crippen LogP contribution in [0, 0.1) is 6.61 Å². The predicted octanol–water partition coefficient (Wildman–Crippen LogP) is 4.05. The summed E-state index contributed by atoms with van der Waals surface area (Å²) in [6, 6.07) is 0. The van der Waals surface area contributed by atoms with Gasteiger partial charge in [0.2, 0.25) is 0 Å². The Balaban J connectivity index is 2.73. The van der Waals surface area contributed by atoms with Crippen molar-refractivity contribution < 1.29 is 5.11 Å². The van der Waals surface area contributed by atoms with E-state index in [4.69, 9.17) is 5.11 Å². The molecular formula is C11H23O. The van der Waals surface area contributed by atoms with Crippen molar-refractivity contribution in [3.05, 3.63) is 6.61 Å². The van der Waals surface area contributed by atoms with Gasteiger partial charge in [0, 0.05) is 0 Å². The van der Waals surface area contributed by atoms with Crippen LogP contribution < -0.4 is 0 Å². The summed E-state index contributed by atoms with van der Waals surface area (Å²) >= 11 is 0. The third-order valence-corrected chi connectivity index (χ3v) is 2.19. The molecule has 0 aliphatic rings. The fourth-order valence-electron chi connectivity index (χ4n) is 1.37. The molecule has 0 fully saturated rings. The Morgan fingerprint density at radius 3 is 1.83 bits per heavy atom. The zero-order valence-corrected chi connectivity index (χ0v) is 8.39. The lowest BCUT2D eigenvalue weighted by Crippen LogP contribution is -1.81. The van der Waals surface area contributed by atoms with Gasteiger partial charge in [0.15, 0.2) is 0 Å². The Hall–Kier alpha value is -0.0400. The second kappa shape index (κ2) is 11.0. The standard InChI is InChI=1S/C11H23O/c1-2-3-4-5-6-7-8-9-10-11-12/h11-12H,2-10H2,1H3. The van der Waals surface area contributed by atoms with Gasteiger partial charge in [0.05, 0.1) is 6.61 Å². The van der Waals surface area contributed by atoms with Crippen molar-refractivity contribution in [1.82, 2.24) is 0 Å². The molecule has 1 nitrogen and oxygen atoms in total. The Morgan fingerprint density at radius 1 is 0.833 bits per heavy atom. The first-order chi connectivity index (χ1) is 5.91. The first-order valence-corrected chi connectivity index (χ1v) is 5.37.